The third kappa shape index (κ3) is 18.2. The number of nitrogens with zero attached hydrogens (tertiary/aromatic N) is 11. The van der Waals surface area contributed by atoms with Crippen LogP contribution < -0.4 is 46.2 Å². The first-order valence-corrected chi connectivity index (χ1v) is 55.4. The van der Waals surface area contributed by atoms with Crippen LogP contribution in [-0.4, -0.2) is 299 Å². The van der Waals surface area contributed by atoms with E-state index in [1.54, 1.807) is 49.5 Å². The van der Waals surface area contributed by atoms with Gasteiger partial charge in [-0.25, -0.2) is 30.8 Å². The summed E-state index contributed by atoms with van der Waals surface area (Å²) in [6, 6.07) is 42.3. The lowest BCUT2D eigenvalue weighted by Gasteiger charge is -2.63. The molecule has 2 spiro atoms. The van der Waals surface area contributed by atoms with Crippen molar-refractivity contribution >= 4 is 124 Å². The molecule has 22 rings (SSSR count). The number of benzene rings is 5. The number of nitrogens with two attached hydrogens (primary N) is 1. The predicted octanol–water partition coefficient (Wildman–Crippen LogP) is 10.4. The Morgan fingerprint density at radius 3 is 1.43 bits per heavy atom. The van der Waals surface area contributed by atoms with Crippen LogP contribution in [0.5, 0.6) is 11.5 Å². The number of aliphatic hydroxyl groups is 6. The van der Waals surface area contributed by atoms with E-state index in [0.29, 0.717) is 99.4 Å². The molecule has 3 amide bonds. The number of nitrogens with one attached hydrogen (secondary N) is 5. The number of hydrogen-bond donors (Lipinski definition) is 12. The smallest absolute Gasteiger partial charge is 0.496 e. The molecule has 15 heterocycles. The van der Waals surface area contributed by atoms with E-state index >= 15 is 0 Å². The molecule has 10 aromatic rings. The summed E-state index contributed by atoms with van der Waals surface area (Å²) in [5, 5.41) is 87.0. The summed E-state index contributed by atoms with van der Waals surface area (Å²) in [4.78, 5) is 122. The maximum atomic E-state index is 14.9. The van der Waals surface area contributed by atoms with E-state index in [1.807, 2.05) is 92.3 Å². The number of H-pyrrole nitrogens is 2. The first-order valence-electron chi connectivity index (χ1n) is 50.7. The molecule has 0 radical (unpaired) electrons. The first-order chi connectivity index (χ1) is 71.3. The van der Waals surface area contributed by atoms with Crippen LogP contribution in [0.2, 0.25) is 0 Å². The highest BCUT2D eigenvalue weighted by molar-refractivity contribution is 8.77. The number of piperidine rings is 2. The van der Waals surface area contributed by atoms with E-state index < -0.39 is 103 Å². The van der Waals surface area contributed by atoms with Crippen molar-refractivity contribution < 1.29 is 92.8 Å². The second-order valence-electron chi connectivity index (χ2n) is 41.8. The second kappa shape index (κ2) is 42.9. The summed E-state index contributed by atoms with van der Waals surface area (Å²) < 4.78 is 23.2. The molecule has 40 heteroatoms. The van der Waals surface area contributed by atoms with Crippen LogP contribution in [0.4, 0.5) is 21.0 Å². The largest absolute Gasteiger partial charge is 0.535 e. The van der Waals surface area contributed by atoms with E-state index in [0.717, 1.165) is 142 Å². The standard InChI is InChI=1S/C50H63N7O7S2.C42H56N6O5.C14H12N4O3S2.2CO2/c1-6-47(61)28-31-27-46(3,40-33(16-21-56(29-31)30-47)32-13-8-9-14-36(32)52-40)35-25-34-37(26-38(35)63-5)55(4)42-49(34)18-22-57-20-12-17-48(7-2,41(49)57)43(58)50(42,62)44(59)53-54-45(60)64-23-24-65-66-39-15-10-11-19-51-39;1-6-39(51)22-25-21-38(3,33-27(13-17-47(23-25)24-39)26-11-8-9-12-30(26)44-33)29-19-28-31(20-32(29)53-5)46(4)35-41(28)15-18-48-16-10-14-40(7-2,34(41)48)36(49)42(35,52)37(50)45-43;19-14(20-9-10-22-23-13-7-3-4-8-15-13)21-18-12-6-2-1-5-11(12)16-17-18;2*2-1-3/h8-15,17,19,25-26,31,41-43,52,58,61-62H,6-7,16,18,20-24,27-30H2,1-5H3,(H,53,59)(H,54,60);8-12,14,19-20,25,34-36,44,49,51-52H,6-7,13,15-18,21-24,43H2,1-5H3,(H,45,50);1-8H,9-10H2;;/t31?,41-,42+,43+,46+,47?,48+,49+,50+;25?,34-,35+,36+,38+,39?,40+,41+,42-;;;/m00.../s1. The summed E-state index contributed by atoms with van der Waals surface area (Å²) >= 11 is 0. The number of amides is 3. The van der Waals surface area contributed by atoms with Crippen molar-refractivity contribution in [2.45, 2.75) is 209 Å². The topological polar surface area (TPSA) is 474 Å². The maximum absolute atomic E-state index is 14.9. The van der Waals surface area contributed by atoms with Gasteiger partial charge in [0.2, 0.25) is 0 Å². The molecular weight excluding hydrogens is 1970 g/mol. The summed E-state index contributed by atoms with van der Waals surface area (Å²) in [6.45, 7) is 21.0. The van der Waals surface area contributed by atoms with Crippen molar-refractivity contribution in [2.24, 2.45) is 28.5 Å². The van der Waals surface area contributed by atoms with Gasteiger partial charge in [-0.05, 0) is 226 Å². The van der Waals surface area contributed by atoms with Gasteiger partial charge in [-0.1, -0.05) is 139 Å². The molecule has 10 aliphatic heterocycles. The molecule has 12 aliphatic rings. The van der Waals surface area contributed by atoms with E-state index in [4.69, 9.17) is 48.8 Å². The van der Waals surface area contributed by atoms with E-state index in [1.165, 1.54) is 60.0 Å². The monoisotopic (exact) mass is 2100 g/mol. The minimum Gasteiger partial charge on any atom is -0.496 e. The average molecular weight is 2100 g/mol. The van der Waals surface area contributed by atoms with Gasteiger partial charge in [0.05, 0.1) is 37.5 Å². The van der Waals surface area contributed by atoms with Crippen molar-refractivity contribution in [1.29, 1.82) is 0 Å². The minimum atomic E-state index is -2.41. The Hall–Kier alpha value is -11.2. The zero-order valence-corrected chi connectivity index (χ0v) is 88.1. The van der Waals surface area contributed by atoms with Crippen LogP contribution >= 0.6 is 43.2 Å². The Balaban J connectivity index is 0.000000155. The fourth-order valence-corrected chi connectivity index (χ4v) is 31.9. The number of carbonyl (C=O) groups is 4. The Bertz CT molecular complexity index is 6710. The van der Waals surface area contributed by atoms with Crippen LogP contribution in [0.3, 0.4) is 0 Å². The molecule has 6 fully saturated rings. The molecular formula is C108H131N17O19S4. The van der Waals surface area contributed by atoms with Gasteiger partial charge in [0.1, 0.15) is 58.0 Å². The number of aliphatic hydroxyl groups excluding tert-OH is 2. The fraction of sp³-hybridized carbons (Fsp3) is 0.500. The van der Waals surface area contributed by atoms with Gasteiger partial charge in [0.25, 0.3) is 11.8 Å². The average Bonchev–Trinajstić information content (AvgIpc) is 1.48. The predicted molar refractivity (Wildman–Crippen MR) is 561 cm³/mol. The molecule has 786 valence electrons. The summed E-state index contributed by atoms with van der Waals surface area (Å²) in [6.07, 6.45) is 15.9. The number of para-hydroxylation sites is 3. The third-order valence-electron chi connectivity index (χ3n) is 34.3. The Morgan fingerprint density at radius 2 is 0.986 bits per heavy atom. The molecule has 2 aliphatic carbocycles. The number of hydrogen-bond acceptors (Lipinski definition) is 34. The SMILES string of the molecule is CCC1(O)CC2CN(CCc3c([nH]c4ccccc34)[C@@](C)(c3cc4c(cc3OC)N(C)[C@H]3[C@@](O)(C(=O)NN)[C@H](O)[C@]5(CC)C=CCN6CC[C@]43[C@@H]65)C2)C1.CCC1(O)CC2CN(CCc3c([nH]c4ccccc34)[C@@](C)(c3cc4c(cc3OC)N(C)[C@H]3[C@](O)(C(=O)NNC(=O)OCCSSc5ccccn5)[C@H](O)[C@]5(CC)C=CCN6CC[C@]43[C@@H]65)C2)C1.O=C(OCCSSc1ccccn1)On1nnc2ccccc21.O=C=O.O=C=O. The van der Waals surface area contributed by atoms with Gasteiger partial charge in [0.15, 0.2) is 11.2 Å². The van der Waals surface area contributed by atoms with E-state index in [9.17, 15) is 49.8 Å². The van der Waals surface area contributed by atoms with E-state index in [-0.39, 0.29) is 49.4 Å². The molecule has 5 aromatic carbocycles. The van der Waals surface area contributed by atoms with Gasteiger partial charge in [-0.3, -0.25) is 44.9 Å². The lowest BCUT2D eigenvalue weighted by atomic mass is 9.47. The van der Waals surface area contributed by atoms with Crippen LogP contribution in [0, 0.1) is 22.7 Å². The molecule has 4 saturated heterocycles. The zero-order valence-electron chi connectivity index (χ0n) is 84.8. The molecule has 13 N–H and O–H groups in total. The van der Waals surface area contributed by atoms with Crippen molar-refractivity contribution in [2.75, 3.05) is 128 Å². The number of fused-ring (bicyclic) bond motifs is 13. The van der Waals surface area contributed by atoms with Gasteiger partial charge in [-0.15, -0.1) is 5.10 Å². The van der Waals surface area contributed by atoms with Crippen LogP contribution in [-0.2, 0) is 72.7 Å². The molecule has 2 saturated carbocycles. The molecule has 148 heavy (non-hydrogen) atoms. The van der Waals surface area contributed by atoms with E-state index in [2.05, 4.69) is 185 Å². The number of hydrazine groups is 2. The van der Waals surface area contributed by atoms with Crippen LogP contribution in [0.1, 0.15) is 151 Å². The number of aromatic amines is 2. The van der Waals surface area contributed by atoms with Crippen molar-refractivity contribution in [3.8, 4) is 11.5 Å². The molecule has 4 bridgehead atoms. The lowest BCUT2D eigenvalue weighted by Crippen LogP contribution is -2.82. The second-order valence-corrected chi connectivity index (χ2v) is 46.6. The van der Waals surface area contributed by atoms with Crippen molar-refractivity contribution in [3.63, 3.8) is 0 Å². The number of methoxy groups -OCH3 is 2. The van der Waals surface area contributed by atoms with Crippen LogP contribution in [0.25, 0.3) is 32.8 Å². The van der Waals surface area contributed by atoms with Gasteiger partial charge < -0.3 is 69.4 Å². The molecule has 5 aromatic heterocycles. The molecule has 36 nitrogen and oxygen atoms in total. The number of carbonyl (C=O) groups excluding carboxylic acids is 8. The quantitative estimate of drug-likeness (QED) is 0.00465. The minimum absolute atomic E-state index is 0.0751. The summed E-state index contributed by atoms with van der Waals surface area (Å²) in [7, 11) is 13.3. The highest BCUT2D eigenvalue weighted by atomic mass is 33.1. The highest BCUT2D eigenvalue weighted by Crippen LogP contribution is 2.71. The Kier molecular flexibility index (Phi) is 30.9. The van der Waals surface area contributed by atoms with Gasteiger partial charge in [-0.2, -0.15) is 19.2 Å². The number of ether oxygens (including phenoxy) is 4. The Morgan fingerprint density at radius 1 is 0.541 bits per heavy atom. The number of likely N-dealkylation sites (N-methyl/N-ethyl adjacent to an activating group) is 2. The number of anilines is 2. The number of pyridine rings is 2. The summed E-state index contributed by atoms with van der Waals surface area (Å²) in [5.41, 5.74) is 10.5. The van der Waals surface area contributed by atoms with Gasteiger partial charge in [0, 0.05) is 203 Å². The lowest BCUT2D eigenvalue weighted by molar-refractivity contribution is -0.204. The normalized spacial score (nSPS) is 31.4. The zero-order chi connectivity index (χ0) is 105. The fourth-order valence-electron chi connectivity index (χ4n) is 28.5. The Labute approximate surface area is 874 Å². The third-order valence-corrected chi connectivity index (χ3v) is 38.8. The van der Waals surface area contributed by atoms with Crippen LogP contribution in [0.15, 0.2) is 180 Å². The van der Waals surface area contributed by atoms with Crippen molar-refractivity contribution in [3.05, 3.63) is 215 Å². The highest BCUT2D eigenvalue weighted by Gasteiger charge is 2.81. The van der Waals surface area contributed by atoms with Crippen molar-refractivity contribution in [1.82, 2.24) is 71.0 Å². The number of rotatable bonds is 21. The molecule has 6 unspecified atom stereocenters. The first kappa shape index (κ1) is 107. The maximum Gasteiger partial charge on any atom is 0.535 e. The van der Waals surface area contributed by atoms with Gasteiger partial charge >= 0.3 is 24.6 Å². The number of aromatic nitrogens is 7. The molecule has 20 atom stereocenters. The summed E-state index contributed by atoms with van der Waals surface area (Å²) in [5.74, 6) is 7.08.